The van der Waals surface area contributed by atoms with Gasteiger partial charge in [0.05, 0.1) is 22.8 Å². The van der Waals surface area contributed by atoms with Gasteiger partial charge in [0.2, 0.25) is 0 Å². The maximum absolute atomic E-state index is 14.5. The Morgan fingerprint density at radius 2 is 1.92 bits per heavy atom. The zero-order valence-electron chi connectivity index (χ0n) is 20.6. The molecule has 0 amide bonds. The van der Waals surface area contributed by atoms with Gasteiger partial charge in [-0.2, -0.15) is 5.10 Å². The summed E-state index contributed by atoms with van der Waals surface area (Å²) >= 11 is 0. The first-order valence-corrected chi connectivity index (χ1v) is 12.4. The number of aromatic amines is 2. The van der Waals surface area contributed by atoms with Crippen LogP contribution < -0.4 is 5.32 Å². The second-order valence-corrected chi connectivity index (χ2v) is 9.08. The summed E-state index contributed by atoms with van der Waals surface area (Å²) in [5, 5.41) is 21.5. The first kappa shape index (κ1) is 23.7. The number of hydrogen-bond acceptors (Lipinski definition) is 7. The maximum atomic E-state index is 14.5. The number of rotatable bonds is 8. The number of nitrogens with one attached hydrogen (secondary N) is 3. The molecule has 1 unspecified atom stereocenters. The molecule has 5 heterocycles. The summed E-state index contributed by atoms with van der Waals surface area (Å²) in [5.41, 5.74) is 5.73. The van der Waals surface area contributed by atoms with Crippen LogP contribution in [0.2, 0.25) is 0 Å². The largest absolute Gasteiger partial charge is 0.374 e. The molecule has 0 bridgehead atoms. The quantitative estimate of drug-likeness (QED) is 0.195. The number of halogens is 1. The van der Waals surface area contributed by atoms with Crippen molar-refractivity contribution in [3.8, 4) is 33.9 Å². The summed E-state index contributed by atoms with van der Waals surface area (Å²) < 4.78 is 14.5. The van der Waals surface area contributed by atoms with E-state index in [-0.39, 0.29) is 5.82 Å². The van der Waals surface area contributed by atoms with Crippen LogP contribution in [0, 0.1) is 5.82 Å². The van der Waals surface area contributed by atoms with Crippen molar-refractivity contribution in [3.63, 3.8) is 0 Å². The van der Waals surface area contributed by atoms with E-state index in [0.29, 0.717) is 40.4 Å². The van der Waals surface area contributed by atoms with Gasteiger partial charge in [0.25, 0.3) is 0 Å². The molecule has 38 heavy (non-hydrogen) atoms. The van der Waals surface area contributed by atoms with Crippen molar-refractivity contribution in [1.29, 1.82) is 0 Å². The minimum Gasteiger partial charge on any atom is -0.374 e. The first-order valence-electron chi connectivity index (χ1n) is 12.4. The zero-order valence-corrected chi connectivity index (χ0v) is 20.6. The fraction of sp³-hybridized carbons (Fsp3) is 0.179. The van der Waals surface area contributed by atoms with E-state index in [4.69, 9.17) is 4.98 Å². The van der Waals surface area contributed by atoms with Gasteiger partial charge < -0.3 is 15.4 Å². The summed E-state index contributed by atoms with van der Waals surface area (Å²) in [6, 6.07) is 12.2. The molecule has 0 aliphatic carbocycles. The Labute approximate surface area is 217 Å². The SMILES string of the molecule is CCCCC(O)Nc1cncc(-c2cnc3n[nH]c(-c4nc5c(-c6ccccc6F)nccc5[nH]4)c3c2)c1. The van der Waals surface area contributed by atoms with Gasteiger partial charge in [-0.25, -0.2) is 14.4 Å². The van der Waals surface area contributed by atoms with Crippen LogP contribution in [-0.4, -0.2) is 46.5 Å². The fourth-order valence-electron chi connectivity index (χ4n) is 4.48. The van der Waals surface area contributed by atoms with Crippen molar-refractivity contribution in [2.75, 3.05) is 5.32 Å². The van der Waals surface area contributed by atoms with E-state index in [1.165, 1.54) is 6.07 Å². The zero-order chi connectivity index (χ0) is 26.1. The molecular formula is C28H25FN8O. The van der Waals surface area contributed by atoms with E-state index in [2.05, 4.69) is 42.4 Å². The minimum absolute atomic E-state index is 0.360. The standard InChI is InChI=1S/C28H25FN8O/c1-2-3-8-23(38)33-18-11-16(13-30-15-18)17-12-20-25(36-37-27(20)32-14-17)28-34-22-9-10-31-24(26(22)35-28)19-6-4-5-7-21(19)29/h4-7,9-15,23,33,38H,2-3,8H2,1H3,(H,34,35)(H,32,36,37). The number of hydrogen-bond donors (Lipinski definition) is 4. The molecule has 0 aliphatic heterocycles. The number of fused-ring (bicyclic) bond motifs is 2. The second kappa shape index (κ2) is 9.98. The number of pyridine rings is 3. The van der Waals surface area contributed by atoms with E-state index in [0.717, 1.165) is 40.6 Å². The van der Waals surface area contributed by atoms with Crippen molar-refractivity contribution in [2.45, 2.75) is 32.4 Å². The first-order chi connectivity index (χ1) is 18.6. The van der Waals surface area contributed by atoms with Gasteiger partial charge >= 0.3 is 0 Å². The third-order valence-corrected chi connectivity index (χ3v) is 6.41. The van der Waals surface area contributed by atoms with Crippen LogP contribution in [0.4, 0.5) is 10.1 Å². The van der Waals surface area contributed by atoms with E-state index in [9.17, 15) is 9.50 Å². The molecule has 1 aromatic carbocycles. The van der Waals surface area contributed by atoms with Gasteiger partial charge in [-0.05, 0) is 43.2 Å². The monoisotopic (exact) mass is 508 g/mol. The van der Waals surface area contributed by atoms with E-state index in [1.807, 2.05) is 12.1 Å². The van der Waals surface area contributed by atoms with E-state index in [1.54, 1.807) is 49.1 Å². The van der Waals surface area contributed by atoms with Gasteiger partial charge in [0, 0.05) is 35.3 Å². The van der Waals surface area contributed by atoms with Gasteiger partial charge in [0.1, 0.15) is 28.9 Å². The Bertz CT molecular complexity index is 1740. The number of imidazole rings is 1. The number of nitrogens with zero attached hydrogens (tertiary/aromatic N) is 5. The number of aliphatic hydroxyl groups excluding tert-OH is 1. The highest BCUT2D eigenvalue weighted by Crippen LogP contribution is 2.32. The number of unbranched alkanes of at least 4 members (excludes halogenated alkanes) is 1. The lowest BCUT2D eigenvalue weighted by Gasteiger charge is -2.14. The molecule has 0 saturated carbocycles. The van der Waals surface area contributed by atoms with Crippen LogP contribution in [0.25, 0.3) is 56.0 Å². The van der Waals surface area contributed by atoms with Crippen LogP contribution in [0.1, 0.15) is 26.2 Å². The molecule has 4 N–H and O–H groups in total. The highest BCUT2D eigenvalue weighted by Gasteiger charge is 2.18. The van der Waals surface area contributed by atoms with Crippen molar-refractivity contribution in [2.24, 2.45) is 0 Å². The second-order valence-electron chi connectivity index (χ2n) is 9.08. The molecule has 190 valence electrons. The third-order valence-electron chi connectivity index (χ3n) is 6.41. The predicted molar refractivity (Wildman–Crippen MR) is 145 cm³/mol. The predicted octanol–water partition coefficient (Wildman–Crippen LogP) is 5.68. The lowest BCUT2D eigenvalue weighted by molar-refractivity contribution is 0.190. The Hall–Kier alpha value is -4.70. The summed E-state index contributed by atoms with van der Waals surface area (Å²) in [5.74, 6) is 0.181. The highest BCUT2D eigenvalue weighted by molar-refractivity contribution is 5.96. The highest BCUT2D eigenvalue weighted by atomic mass is 19.1. The Morgan fingerprint density at radius 3 is 2.79 bits per heavy atom. The molecule has 6 rings (SSSR count). The van der Waals surface area contributed by atoms with Crippen molar-refractivity contribution < 1.29 is 9.50 Å². The number of aliphatic hydroxyl groups is 1. The summed E-state index contributed by atoms with van der Waals surface area (Å²) in [6.45, 7) is 2.09. The normalized spacial score (nSPS) is 12.3. The molecule has 0 fully saturated rings. The molecular weight excluding hydrogens is 483 g/mol. The van der Waals surface area contributed by atoms with Gasteiger partial charge in [0.15, 0.2) is 11.5 Å². The average Bonchev–Trinajstić information content (AvgIpc) is 3.56. The van der Waals surface area contributed by atoms with Crippen LogP contribution >= 0.6 is 0 Å². The summed E-state index contributed by atoms with van der Waals surface area (Å²) in [4.78, 5) is 21.3. The van der Waals surface area contributed by atoms with Crippen molar-refractivity contribution in [3.05, 3.63) is 73.1 Å². The number of benzene rings is 1. The van der Waals surface area contributed by atoms with Crippen molar-refractivity contribution in [1.82, 2.24) is 35.1 Å². The van der Waals surface area contributed by atoms with Gasteiger partial charge in [-0.15, -0.1) is 0 Å². The van der Waals surface area contributed by atoms with Crippen LogP contribution in [-0.2, 0) is 0 Å². The van der Waals surface area contributed by atoms with Gasteiger partial charge in [-0.1, -0.05) is 25.5 Å². The lowest BCUT2D eigenvalue weighted by atomic mass is 10.1. The lowest BCUT2D eigenvalue weighted by Crippen LogP contribution is -2.18. The Balaban J connectivity index is 1.37. The average molecular weight is 509 g/mol. The topological polar surface area (TPSA) is 128 Å². The van der Waals surface area contributed by atoms with Crippen LogP contribution in [0.3, 0.4) is 0 Å². The van der Waals surface area contributed by atoms with Crippen LogP contribution in [0.5, 0.6) is 0 Å². The summed E-state index contributed by atoms with van der Waals surface area (Å²) in [6.07, 6.45) is 8.78. The molecule has 1 atom stereocenters. The van der Waals surface area contributed by atoms with Crippen molar-refractivity contribution >= 4 is 27.8 Å². The number of aromatic nitrogens is 7. The number of H-pyrrole nitrogens is 2. The van der Waals surface area contributed by atoms with E-state index < -0.39 is 6.23 Å². The summed E-state index contributed by atoms with van der Waals surface area (Å²) in [7, 11) is 0. The molecule has 0 spiro atoms. The molecule has 6 aromatic rings. The Kier molecular flexibility index (Phi) is 6.22. The van der Waals surface area contributed by atoms with Crippen LogP contribution in [0.15, 0.2) is 67.3 Å². The molecule has 0 saturated heterocycles. The molecule has 5 aromatic heterocycles. The molecule has 0 radical (unpaired) electrons. The molecule has 0 aliphatic rings. The fourth-order valence-corrected chi connectivity index (χ4v) is 4.48. The minimum atomic E-state index is -0.634. The maximum Gasteiger partial charge on any atom is 0.181 e. The number of anilines is 1. The third kappa shape index (κ3) is 4.46. The molecule has 10 heteroatoms. The molecule has 9 nitrogen and oxygen atoms in total. The smallest absolute Gasteiger partial charge is 0.181 e. The van der Waals surface area contributed by atoms with Gasteiger partial charge in [-0.3, -0.25) is 15.1 Å². The van der Waals surface area contributed by atoms with E-state index >= 15 is 0 Å². The Morgan fingerprint density at radius 1 is 1.05 bits per heavy atom.